The number of aromatic nitrogens is 5. The van der Waals surface area contributed by atoms with Crippen molar-refractivity contribution >= 4 is 24.5 Å². The Balaban J connectivity index is 1.50. The highest BCUT2D eigenvalue weighted by molar-refractivity contribution is 6.76. The monoisotopic (exact) mass is 729 g/mol. The van der Waals surface area contributed by atoms with Crippen LogP contribution in [0.25, 0.3) is 22.2 Å². The van der Waals surface area contributed by atoms with E-state index in [1.54, 1.807) is 19.0 Å². The van der Waals surface area contributed by atoms with E-state index in [1.165, 1.54) is 22.9 Å². The largest absolute Gasteiger partial charge is 0.423 e. The smallest absolute Gasteiger partial charge is 0.379 e. The highest BCUT2D eigenvalue weighted by Gasteiger charge is 2.39. The molecule has 1 N–H and O–H groups in total. The Morgan fingerprint density at radius 1 is 0.980 bits per heavy atom. The van der Waals surface area contributed by atoms with Crippen molar-refractivity contribution < 1.29 is 35.5 Å². The molecule has 4 aromatic rings. The lowest BCUT2D eigenvalue weighted by atomic mass is 10.1. The van der Waals surface area contributed by atoms with Crippen LogP contribution in [-0.2, 0) is 30.4 Å². The first-order chi connectivity index (χ1) is 23.2. The molecule has 272 valence electrons. The Bertz CT molecular complexity index is 1910. The number of anilines is 1. The molecule has 0 radical (unpaired) electrons. The van der Waals surface area contributed by atoms with Crippen LogP contribution in [0.2, 0.25) is 25.7 Å². The van der Waals surface area contributed by atoms with Crippen LogP contribution in [0.15, 0.2) is 52.6 Å². The lowest BCUT2D eigenvalue weighted by Crippen LogP contribution is -2.37. The second-order valence-corrected chi connectivity index (χ2v) is 19.0. The van der Waals surface area contributed by atoms with Gasteiger partial charge in [-0.25, -0.2) is 19.0 Å². The van der Waals surface area contributed by atoms with E-state index in [0.717, 1.165) is 18.3 Å². The molecule has 0 saturated carbocycles. The van der Waals surface area contributed by atoms with E-state index in [1.807, 2.05) is 0 Å². The minimum absolute atomic E-state index is 0.00884. The summed E-state index contributed by atoms with van der Waals surface area (Å²) >= 11 is 0. The van der Waals surface area contributed by atoms with E-state index in [-0.39, 0.29) is 36.3 Å². The molecule has 18 heteroatoms. The van der Waals surface area contributed by atoms with Gasteiger partial charge in [-0.05, 0) is 56.6 Å². The maximum atomic E-state index is 15.1. The molecule has 0 aliphatic rings. The van der Waals surface area contributed by atoms with Gasteiger partial charge in [0, 0.05) is 52.4 Å². The Labute approximate surface area is 283 Å². The molecule has 0 amide bonds. The van der Waals surface area contributed by atoms with Gasteiger partial charge in [-0.3, -0.25) is 9.59 Å². The molecule has 1 unspecified atom stereocenters. The number of halogens is 7. The van der Waals surface area contributed by atoms with Crippen molar-refractivity contribution in [2.24, 2.45) is 0 Å². The topological polar surface area (TPSA) is 107 Å². The van der Waals surface area contributed by atoms with Gasteiger partial charge < -0.3 is 19.5 Å². The normalized spacial score (nSPS) is 13.3. The predicted molar refractivity (Wildman–Crippen MR) is 177 cm³/mol. The summed E-state index contributed by atoms with van der Waals surface area (Å²) in [6.45, 7) is 6.66. The number of hydrogen-bond acceptors (Lipinski definition) is 8. The number of ether oxygens (including phenoxy) is 1. The van der Waals surface area contributed by atoms with E-state index in [4.69, 9.17) is 4.74 Å². The van der Waals surface area contributed by atoms with Crippen LogP contribution in [0.3, 0.4) is 0 Å². The number of alkyl halides is 6. The van der Waals surface area contributed by atoms with Crippen LogP contribution in [0.5, 0.6) is 0 Å². The van der Waals surface area contributed by atoms with Crippen molar-refractivity contribution in [3.63, 3.8) is 0 Å². The molecule has 3 aromatic heterocycles. The summed E-state index contributed by atoms with van der Waals surface area (Å²) in [7, 11) is 2.02. The van der Waals surface area contributed by atoms with E-state index in [9.17, 15) is 35.9 Å². The van der Waals surface area contributed by atoms with E-state index in [2.05, 4.69) is 40.0 Å². The molecule has 4 rings (SSSR count). The van der Waals surface area contributed by atoms with Gasteiger partial charge in [-0.15, -0.1) is 0 Å². The number of hydrogen-bond donors (Lipinski definition) is 1. The van der Waals surface area contributed by atoms with Crippen LogP contribution in [-0.4, -0.2) is 70.6 Å². The molecule has 1 aromatic carbocycles. The van der Waals surface area contributed by atoms with Crippen LogP contribution < -0.4 is 16.4 Å². The van der Waals surface area contributed by atoms with Crippen molar-refractivity contribution in [3.8, 4) is 11.4 Å². The second-order valence-electron chi connectivity index (χ2n) is 13.4. The molecule has 3 heterocycles. The zero-order valence-electron chi connectivity index (χ0n) is 28.1. The van der Waals surface area contributed by atoms with Gasteiger partial charge in [-0.1, -0.05) is 19.6 Å². The first-order valence-electron chi connectivity index (χ1n) is 15.6. The summed E-state index contributed by atoms with van der Waals surface area (Å²) in [6, 6.07) is 3.95. The van der Waals surface area contributed by atoms with Crippen molar-refractivity contribution in [1.29, 1.82) is 0 Å². The fraction of sp³-hybridized carbons (Fsp3) is 0.469. The average Bonchev–Trinajstić information content (AvgIpc) is 2.99. The summed E-state index contributed by atoms with van der Waals surface area (Å²) < 4.78 is 104. The third kappa shape index (κ3) is 9.97. The number of likely N-dealkylation sites (N-methyl/N-ethyl adjacent to an activating group) is 1. The third-order valence-corrected chi connectivity index (χ3v) is 9.42. The van der Waals surface area contributed by atoms with Gasteiger partial charge >= 0.3 is 12.4 Å². The number of aryl methyl sites for hydroxylation is 1. The number of fused-ring (bicyclic) bond motifs is 1. The lowest BCUT2D eigenvalue weighted by Gasteiger charge is -2.25. The van der Waals surface area contributed by atoms with Gasteiger partial charge in [-0.2, -0.15) is 31.4 Å². The quantitative estimate of drug-likeness (QED) is 0.0913. The summed E-state index contributed by atoms with van der Waals surface area (Å²) in [4.78, 5) is 35.1. The fourth-order valence-corrected chi connectivity index (χ4v) is 5.89. The minimum atomic E-state index is -4.97. The average molecular weight is 730 g/mol. The maximum Gasteiger partial charge on any atom is 0.423 e. The molecular weight excluding hydrogens is 691 g/mol. The molecule has 0 fully saturated rings. The van der Waals surface area contributed by atoms with Gasteiger partial charge in [0.2, 0.25) is 0 Å². The number of pyridine rings is 1. The molecule has 0 aliphatic carbocycles. The lowest BCUT2D eigenvalue weighted by molar-refractivity contribution is -0.139. The van der Waals surface area contributed by atoms with Gasteiger partial charge in [0.25, 0.3) is 11.1 Å². The first kappa shape index (κ1) is 38.6. The van der Waals surface area contributed by atoms with E-state index in [0.29, 0.717) is 35.5 Å². The molecule has 0 saturated heterocycles. The molecule has 50 heavy (non-hydrogen) atoms. The number of nitrogens with one attached hydrogen (secondary N) is 1. The van der Waals surface area contributed by atoms with Crippen molar-refractivity contribution in [2.75, 3.05) is 32.6 Å². The SMILES string of the molecule is CN(C)CC(CCCn1ccc2cc(-c3ncc(C(F)(F)F)cn3)c(F)cc2c1=O)Nc1cnn(COCC[Si](C)(C)C)c(=O)c1C(F)(F)F. The highest BCUT2D eigenvalue weighted by Crippen LogP contribution is 2.33. The Kier molecular flexibility index (Phi) is 11.9. The Morgan fingerprint density at radius 2 is 1.66 bits per heavy atom. The van der Waals surface area contributed by atoms with Crippen LogP contribution in [0, 0.1) is 5.82 Å². The van der Waals surface area contributed by atoms with Gasteiger partial charge in [0.1, 0.15) is 18.1 Å². The highest BCUT2D eigenvalue weighted by atomic mass is 28.3. The first-order valence-corrected chi connectivity index (χ1v) is 19.3. The second kappa shape index (κ2) is 15.4. The Hall–Kier alpha value is -4.16. The van der Waals surface area contributed by atoms with Gasteiger partial charge in [0.15, 0.2) is 5.82 Å². The molecule has 1 atom stereocenters. The van der Waals surface area contributed by atoms with Crippen molar-refractivity contribution in [2.45, 2.75) is 70.2 Å². The number of benzene rings is 1. The van der Waals surface area contributed by atoms with E-state index >= 15 is 4.39 Å². The van der Waals surface area contributed by atoms with Crippen LogP contribution in [0.4, 0.5) is 36.4 Å². The van der Waals surface area contributed by atoms with Crippen molar-refractivity contribution in [3.05, 3.63) is 80.6 Å². The number of rotatable bonds is 14. The summed E-state index contributed by atoms with van der Waals surface area (Å²) in [5.74, 6) is -1.19. The zero-order valence-corrected chi connectivity index (χ0v) is 29.1. The fourth-order valence-electron chi connectivity index (χ4n) is 5.14. The summed E-state index contributed by atoms with van der Waals surface area (Å²) in [5, 5.41) is 7.06. The molecule has 0 spiro atoms. The van der Waals surface area contributed by atoms with Crippen molar-refractivity contribution in [1.82, 2.24) is 29.2 Å². The Morgan fingerprint density at radius 3 is 2.26 bits per heavy atom. The zero-order chi connectivity index (χ0) is 37.0. The van der Waals surface area contributed by atoms with Gasteiger partial charge in [0.05, 0.1) is 28.4 Å². The minimum Gasteiger partial charge on any atom is -0.379 e. The molecular formula is C32H38F7N7O3Si. The van der Waals surface area contributed by atoms with E-state index < -0.39 is 66.9 Å². The third-order valence-electron chi connectivity index (χ3n) is 7.72. The maximum absolute atomic E-state index is 15.1. The standard InChI is InChI=1S/C32H38F7N7O3Si/c1-44(2)18-22(43-26-17-42-46(19-49-11-12-50(3,4)5)30(48)27(26)32(37,38)39)7-6-9-45-10-8-20-13-24(25(33)14-23(20)29(45)47)28-40-15-21(16-41-28)31(34,35)36/h8,10,13-17,22,43H,6-7,9,11-12,18-19H2,1-5H3. The van der Waals surface area contributed by atoms with Crippen LogP contribution in [0.1, 0.15) is 24.0 Å². The predicted octanol–water partition coefficient (Wildman–Crippen LogP) is 6.33. The molecule has 10 nitrogen and oxygen atoms in total. The molecule has 0 aliphatic heterocycles. The number of nitrogens with zero attached hydrogens (tertiary/aromatic N) is 6. The van der Waals surface area contributed by atoms with Crippen LogP contribution >= 0.6 is 0 Å². The summed E-state index contributed by atoms with van der Waals surface area (Å²) in [5.41, 5.74) is -5.01. The molecule has 0 bridgehead atoms. The summed E-state index contributed by atoms with van der Waals surface area (Å²) in [6.07, 6.45) is -5.53.